The van der Waals surface area contributed by atoms with Gasteiger partial charge in [-0.25, -0.2) is 9.78 Å². The first kappa shape index (κ1) is 19.4. The van der Waals surface area contributed by atoms with E-state index in [1.807, 2.05) is 49.7 Å². The number of halogens is 1. The number of hydrogen-bond acceptors (Lipinski definition) is 4. The number of aryl methyl sites for hydroxylation is 2. The summed E-state index contributed by atoms with van der Waals surface area (Å²) in [5.74, 6) is 0. The summed E-state index contributed by atoms with van der Waals surface area (Å²) in [4.78, 5) is 19.0. The number of aromatic nitrogens is 4. The van der Waals surface area contributed by atoms with E-state index in [2.05, 4.69) is 21.8 Å². The molecular formula is C22H26ClN5O2. The molecule has 1 amide bonds. The highest BCUT2D eigenvalue weighted by molar-refractivity contribution is 6.35. The summed E-state index contributed by atoms with van der Waals surface area (Å²) in [5, 5.41) is 6.46. The minimum absolute atomic E-state index is 0.0515. The van der Waals surface area contributed by atoms with Crippen LogP contribution in [0, 0.1) is 0 Å². The van der Waals surface area contributed by atoms with Crippen molar-refractivity contribution in [2.45, 2.75) is 51.2 Å². The van der Waals surface area contributed by atoms with Crippen molar-refractivity contribution >= 4 is 28.7 Å². The van der Waals surface area contributed by atoms with E-state index in [0.717, 1.165) is 41.7 Å². The molecule has 0 N–H and O–H groups in total. The Labute approximate surface area is 180 Å². The Morgan fingerprint density at radius 1 is 1.23 bits per heavy atom. The molecule has 0 radical (unpaired) electrons. The van der Waals surface area contributed by atoms with E-state index in [1.54, 1.807) is 0 Å². The molecule has 0 aliphatic carbocycles. The highest BCUT2D eigenvalue weighted by Crippen LogP contribution is 2.44. The number of nitrogens with zero attached hydrogens (tertiary/aromatic N) is 5. The van der Waals surface area contributed by atoms with Gasteiger partial charge in [-0.1, -0.05) is 11.6 Å². The summed E-state index contributed by atoms with van der Waals surface area (Å²) in [5.41, 5.74) is 3.37. The van der Waals surface area contributed by atoms with E-state index in [1.165, 1.54) is 5.69 Å². The van der Waals surface area contributed by atoms with E-state index >= 15 is 0 Å². The molecule has 1 atom stereocenters. The van der Waals surface area contributed by atoms with E-state index in [-0.39, 0.29) is 11.5 Å². The Morgan fingerprint density at radius 3 is 2.77 bits per heavy atom. The van der Waals surface area contributed by atoms with Gasteiger partial charge in [0.15, 0.2) is 0 Å². The minimum atomic E-state index is -0.484. The monoisotopic (exact) mass is 427 g/mol. The van der Waals surface area contributed by atoms with Crippen molar-refractivity contribution in [1.82, 2.24) is 24.2 Å². The molecule has 5 rings (SSSR count). The summed E-state index contributed by atoms with van der Waals surface area (Å²) >= 11 is 6.37. The van der Waals surface area contributed by atoms with E-state index < -0.39 is 5.60 Å². The molecule has 8 heteroatoms. The number of hydrogen-bond donors (Lipinski definition) is 0. The minimum Gasteiger partial charge on any atom is -0.444 e. The molecule has 0 bridgehead atoms. The van der Waals surface area contributed by atoms with Crippen LogP contribution in [0.4, 0.5) is 4.79 Å². The number of carbonyl (C=O) groups is 1. The van der Waals surface area contributed by atoms with Crippen molar-refractivity contribution < 1.29 is 9.53 Å². The Bertz CT molecular complexity index is 1160. The van der Waals surface area contributed by atoms with Crippen LogP contribution in [0.25, 0.3) is 22.3 Å². The van der Waals surface area contributed by atoms with Crippen LogP contribution in [-0.4, -0.2) is 49.0 Å². The van der Waals surface area contributed by atoms with Gasteiger partial charge in [0.2, 0.25) is 0 Å². The zero-order chi connectivity index (χ0) is 21.3. The van der Waals surface area contributed by atoms with Crippen LogP contribution in [0.3, 0.4) is 0 Å². The van der Waals surface area contributed by atoms with Crippen LogP contribution in [0.5, 0.6) is 0 Å². The maximum Gasteiger partial charge on any atom is 0.410 e. The molecule has 1 fully saturated rings. The van der Waals surface area contributed by atoms with Gasteiger partial charge in [-0.2, -0.15) is 5.10 Å². The summed E-state index contributed by atoms with van der Waals surface area (Å²) in [6, 6.07) is 4.21. The highest BCUT2D eigenvalue weighted by atomic mass is 35.5. The molecule has 7 nitrogen and oxygen atoms in total. The lowest BCUT2D eigenvalue weighted by atomic mass is 9.82. The molecule has 0 saturated carbocycles. The number of likely N-dealkylation sites (tertiary alicyclic amines) is 1. The molecule has 5 heterocycles. The van der Waals surface area contributed by atoms with Gasteiger partial charge in [0.25, 0.3) is 0 Å². The molecule has 1 saturated heterocycles. The third-order valence-corrected chi connectivity index (χ3v) is 6.49. The van der Waals surface area contributed by atoms with E-state index in [9.17, 15) is 4.79 Å². The van der Waals surface area contributed by atoms with Crippen molar-refractivity contribution in [2.75, 3.05) is 13.1 Å². The molecule has 0 aromatic carbocycles. The van der Waals surface area contributed by atoms with Crippen molar-refractivity contribution in [1.29, 1.82) is 0 Å². The van der Waals surface area contributed by atoms with E-state index in [4.69, 9.17) is 21.4 Å². The summed E-state index contributed by atoms with van der Waals surface area (Å²) in [7, 11) is 1.94. The Kier molecular flexibility index (Phi) is 4.19. The summed E-state index contributed by atoms with van der Waals surface area (Å²) < 4.78 is 9.59. The number of rotatable bonds is 1. The predicted molar refractivity (Wildman–Crippen MR) is 116 cm³/mol. The van der Waals surface area contributed by atoms with Crippen LogP contribution in [0.15, 0.2) is 24.5 Å². The lowest BCUT2D eigenvalue weighted by molar-refractivity contribution is 0.0284. The molecular weight excluding hydrogens is 402 g/mol. The smallest absolute Gasteiger partial charge is 0.410 e. The first-order valence-electron chi connectivity index (χ1n) is 10.3. The first-order valence-corrected chi connectivity index (χ1v) is 10.7. The average Bonchev–Trinajstić information content (AvgIpc) is 3.41. The van der Waals surface area contributed by atoms with Crippen LogP contribution in [0.2, 0.25) is 5.02 Å². The van der Waals surface area contributed by atoms with Gasteiger partial charge in [0, 0.05) is 61.1 Å². The van der Waals surface area contributed by atoms with Crippen LogP contribution in [0.1, 0.15) is 39.3 Å². The average molecular weight is 428 g/mol. The molecule has 1 spiro atoms. The maximum atomic E-state index is 12.6. The van der Waals surface area contributed by atoms with Crippen LogP contribution in [-0.2, 0) is 23.7 Å². The second-order valence-corrected chi connectivity index (χ2v) is 9.91. The van der Waals surface area contributed by atoms with E-state index in [0.29, 0.717) is 18.1 Å². The van der Waals surface area contributed by atoms with Gasteiger partial charge >= 0.3 is 6.09 Å². The number of amides is 1. The van der Waals surface area contributed by atoms with Gasteiger partial charge in [-0.15, -0.1) is 0 Å². The molecule has 3 aromatic heterocycles. The normalized spacial score (nSPS) is 21.0. The molecule has 2 aliphatic rings. The first-order chi connectivity index (χ1) is 14.2. The quantitative estimate of drug-likeness (QED) is 0.578. The predicted octanol–water partition coefficient (Wildman–Crippen LogP) is 4.37. The molecule has 1 unspecified atom stereocenters. The zero-order valence-corrected chi connectivity index (χ0v) is 18.5. The largest absolute Gasteiger partial charge is 0.444 e. The fraction of sp³-hybridized carbons (Fsp3) is 0.500. The lowest BCUT2D eigenvalue weighted by Crippen LogP contribution is -2.37. The Balaban J connectivity index is 1.43. The molecule has 2 aliphatic heterocycles. The number of pyridine rings is 1. The zero-order valence-electron chi connectivity index (χ0n) is 17.8. The molecule has 3 aromatic rings. The maximum absolute atomic E-state index is 12.6. The van der Waals surface area contributed by atoms with Gasteiger partial charge in [0.05, 0.1) is 10.7 Å². The topological polar surface area (TPSA) is 65.2 Å². The van der Waals surface area contributed by atoms with Crippen molar-refractivity contribution in [3.63, 3.8) is 0 Å². The second-order valence-electron chi connectivity index (χ2n) is 9.50. The summed E-state index contributed by atoms with van der Waals surface area (Å²) in [6.07, 6.45) is 5.42. The van der Waals surface area contributed by atoms with Gasteiger partial charge < -0.3 is 14.2 Å². The lowest BCUT2D eigenvalue weighted by Gasteiger charge is -2.26. The van der Waals surface area contributed by atoms with Gasteiger partial charge in [-0.05, 0) is 45.7 Å². The third-order valence-electron chi connectivity index (χ3n) is 6.19. The van der Waals surface area contributed by atoms with Gasteiger partial charge in [0.1, 0.15) is 11.2 Å². The number of carbonyl (C=O) groups excluding carboxylic acids is 1. The van der Waals surface area contributed by atoms with Crippen LogP contribution >= 0.6 is 11.6 Å². The number of ether oxygens (including phenoxy) is 1. The Morgan fingerprint density at radius 2 is 2.00 bits per heavy atom. The Hall–Kier alpha value is -2.54. The van der Waals surface area contributed by atoms with Crippen molar-refractivity contribution in [3.05, 3.63) is 35.2 Å². The fourth-order valence-corrected chi connectivity index (χ4v) is 5.01. The molecule has 158 valence electrons. The van der Waals surface area contributed by atoms with Crippen molar-refractivity contribution in [3.8, 4) is 11.3 Å². The summed E-state index contributed by atoms with van der Waals surface area (Å²) in [6.45, 7) is 7.95. The van der Waals surface area contributed by atoms with Crippen LogP contribution < -0.4 is 0 Å². The SMILES string of the molecule is Cn1cc(Cl)c2cc(-c3cc4n(n3)CCC43CCN(C(=O)OC(C)(C)C)C3)cnc21. The van der Waals surface area contributed by atoms with Crippen molar-refractivity contribution in [2.24, 2.45) is 7.05 Å². The molecule has 30 heavy (non-hydrogen) atoms. The van der Waals surface area contributed by atoms with Gasteiger partial charge in [-0.3, -0.25) is 4.68 Å². The third kappa shape index (κ3) is 3.07. The highest BCUT2D eigenvalue weighted by Gasteiger charge is 2.47. The fourth-order valence-electron chi connectivity index (χ4n) is 4.73. The number of fused-ring (bicyclic) bond motifs is 3. The standard InChI is InChI=1S/C22H26ClN5O2/c1-21(2,3)30-20(29)27-7-5-22(13-27)6-8-28-18(22)10-17(25-28)14-9-15-16(23)12-26(4)19(15)24-11-14/h9-12H,5-8,13H2,1-4H3. The second kappa shape index (κ2) is 6.48.